The van der Waals surface area contributed by atoms with Gasteiger partial charge in [0, 0.05) is 30.3 Å². The van der Waals surface area contributed by atoms with E-state index in [2.05, 4.69) is 10.1 Å². The first-order valence-corrected chi connectivity index (χ1v) is 7.71. The highest BCUT2D eigenvalue weighted by Gasteiger charge is 2.13. The highest BCUT2D eigenvalue weighted by atomic mass is 19.3. The highest BCUT2D eigenvalue weighted by Crippen LogP contribution is 2.26. The molecule has 0 fully saturated rings. The van der Waals surface area contributed by atoms with Crippen molar-refractivity contribution in [2.45, 2.75) is 13.2 Å². The van der Waals surface area contributed by atoms with Gasteiger partial charge in [0.15, 0.2) is 0 Å². The number of non-ortho nitro benzene ring substituents is 1. The summed E-state index contributed by atoms with van der Waals surface area (Å²) in [6.07, 6.45) is 2.26. The first kappa shape index (κ1) is 19.8. The Hall–Kier alpha value is -3.49. The molecule has 142 valence electrons. The van der Waals surface area contributed by atoms with E-state index in [1.807, 2.05) is 0 Å². The second-order valence-corrected chi connectivity index (χ2v) is 5.26. The average molecular weight is 378 g/mol. The molecule has 27 heavy (non-hydrogen) atoms. The topological polar surface area (TPSA) is 90.7 Å². The Morgan fingerprint density at radius 2 is 1.96 bits per heavy atom. The van der Waals surface area contributed by atoms with Gasteiger partial charge in [-0.2, -0.15) is 8.78 Å². The fraction of sp³-hybridized carbons (Fsp3) is 0.167. The van der Waals surface area contributed by atoms with Crippen LogP contribution in [-0.2, 0) is 11.3 Å². The van der Waals surface area contributed by atoms with Gasteiger partial charge in [-0.25, -0.2) is 0 Å². The number of amides is 1. The van der Waals surface area contributed by atoms with E-state index in [1.54, 1.807) is 31.4 Å². The van der Waals surface area contributed by atoms with Crippen molar-refractivity contribution in [1.82, 2.24) is 5.32 Å². The van der Waals surface area contributed by atoms with Crippen molar-refractivity contribution in [3.05, 3.63) is 69.8 Å². The van der Waals surface area contributed by atoms with Crippen molar-refractivity contribution in [2.24, 2.45) is 0 Å². The molecule has 0 aliphatic rings. The number of nitrogens with one attached hydrogen (secondary N) is 1. The fourth-order valence-electron chi connectivity index (χ4n) is 2.14. The number of nitro benzene ring substituents is 1. The molecule has 2 aromatic rings. The number of nitro groups is 1. The largest absolute Gasteiger partial charge is 0.497 e. The van der Waals surface area contributed by atoms with E-state index >= 15 is 0 Å². The monoisotopic (exact) mass is 378 g/mol. The molecular formula is C18H16F2N2O5. The van der Waals surface area contributed by atoms with E-state index in [4.69, 9.17) is 4.74 Å². The first-order chi connectivity index (χ1) is 12.9. The third-order valence-corrected chi connectivity index (χ3v) is 3.46. The minimum absolute atomic E-state index is 0.0101. The minimum atomic E-state index is -3.09. The number of hydrogen-bond donors (Lipinski definition) is 1. The molecule has 0 saturated carbocycles. The number of methoxy groups -OCH3 is 1. The summed E-state index contributed by atoms with van der Waals surface area (Å²) >= 11 is 0. The lowest BCUT2D eigenvalue weighted by Gasteiger charge is -2.08. The summed E-state index contributed by atoms with van der Waals surface area (Å²) in [5.74, 6) is -0.0858. The van der Waals surface area contributed by atoms with Gasteiger partial charge in [-0.3, -0.25) is 14.9 Å². The summed E-state index contributed by atoms with van der Waals surface area (Å²) in [6, 6.07) is 10.2. The quantitative estimate of drug-likeness (QED) is 0.431. The van der Waals surface area contributed by atoms with Crippen LogP contribution in [0.4, 0.5) is 14.5 Å². The third-order valence-electron chi connectivity index (χ3n) is 3.46. The fourth-order valence-corrected chi connectivity index (χ4v) is 2.14. The Balaban J connectivity index is 2.06. The summed E-state index contributed by atoms with van der Waals surface area (Å²) in [5.41, 5.74) is 0.508. The number of alkyl halides is 2. The second kappa shape index (κ2) is 9.27. The summed E-state index contributed by atoms with van der Waals surface area (Å²) in [5, 5.41) is 13.4. The van der Waals surface area contributed by atoms with E-state index in [-0.39, 0.29) is 23.5 Å². The molecule has 1 amide bonds. The van der Waals surface area contributed by atoms with Gasteiger partial charge in [-0.15, -0.1) is 0 Å². The van der Waals surface area contributed by atoms with Crippen LogP contribution in [0.3, 0.4) is 0 Å². The number of carbonyl (C=O) groups excluding carboxylic acids is 1. The van der Waals surface area contributed by atoms with Crippen LogP contribution in [0, 0.1) is 10.1 Å². The number of hydrogen-bond acceptors (Lipinski definition) is 5. The van der Waals surface area contributed by atoms with Gasteiger partial charge in [-0.1, -0.05) is 12.1 Å². The molecule has 9 heteroatoms. The van der Waals surface area contributed by atoms with Crippen LogP contribution < -0.4 is 14.8 Å². The lowest BCUT2D eigenvalue weighted by Crippen LogP contribution is -2.20. The van der Waals surface area contributed by atoms with Crippen molar-refractivity contribution in [1.29, 1.82) is 0 Å². The number of carbonyl (C=O) groups is 1. The zero-order valence-electron chi connectivity index (χ0n) is 14.2. The SMILES string of the molecule is COc1ccc(CNC(=O)C=Cc2cc([N+](=O)[O-])ccc2OC(F)F)cc1. The maximum Gasteiger partial charge on any atom is 0.387 e. The number of rotatable bonds is 8. The van der Waals surface area contributed by atoms with Crippen molar-refractivity contribution in [3.63, 3.8) is 0 Å². The van der Waals surface area contributed by atoms with Crippen molar-refractivity contribution in [3.8, 4) is 11.5 Å². The van der Waals surface area contributed by atoms with Crippen LogP contribution in [-0.4, -0.2) is 24.6 Å². The molecule has 0 aromatic heterocycles. The van der Waals surface area contributed by atoms with Gasteiger partial charge in [0.25, 0.3) is 5.69 Å². The van der Waals surface area contributed by atoms with E-state index < -0.39 is 17.4 Å². The summed E-state index contributed by atoms with van der Waals surface area (Å²) in [4.78, 5) is 22.1. The van der Waals surface area contributed by atoms with E-state index in [9.17, 15) is 23.7 Å². The molecule has 0 bridgehead atoms. The molecule has 0 spiro atoms. The van der Waals surface area contributed by atoms with Crippen molar-refractivity contribution in [2.75, 3.05) is 7.11 Å². The molecule has 7 nitrogen and oxygen atoms in total. The average Bonchev–Trinajstić information content (AvgIpc) is 2.65. The smallest absolute Gasteiger partial charge is 0.387 e. The van der Waals surface area contributed by atoms with Gasteiger partial charge < -0.3 is 14.8 Å². The number of nitrogens with zero attached hydrogens (tertiary/aromatic N) is 1. The Labute approximate surface area is 153 Å². The molecule has 2 rings (SSSR count). The molecule has 0 heterocycles. The zero-order valence-corrected chi connectivity index (χ0v) is 14.2. The summed E-state index contributed by atoms with van der Waals surface area (Å²) in [6.45, 7) is -2.86. The van der Waals surface area contributed by atoms with Gasteiger partial charge in [0.2, 0.25) is 5.91 Å². The number of halogens is 2. The molecule has 0 aliphatic carbocycles. The lowest BCUT2D eigenvalue weighted by atomic mass is 10.1. The predicted octanol–water partition coefficient (Wildman–Crippen LogP) is 3.53. The van der Waals surface area contributed by atoms with Gasteiger partial charge >= 0.3 is 6.61 Å². The van der Waals surface area contributed by atoms with Crippen molar-refractivity contribution < 1.29 is 28.0 Å². The normalized spacial score (nSPS) is 10.8. The van der Waals surface area contributed by atoms with E-state index in [0.29, 0.717) is 5.75 Å². The van der Waals surface area contributed by atoms with Crippen LogP contribution in [0.1, 0.15) is 11.1 Å². The van der Waals surface area contributed by atoms with Gasteiger partial charge in [0.05, 0.1) is 12.0 Å². The lowest BCUT2D eigenvalue weighted by molar-refractivity contribution is -0.384. The Morgan fingerprint density at radius 3 is 2.56 bits per heavy atom. The van der Waals surface area contributed by atoms with Crippen LogP contribution in [0.2, 0.25) is 0 Å². The first-order valence-electron chi connectivity index (χ1n) is 7.71. The summed E-state index contributed by atoms with van der Waals surface area (Å²) in [7, 11) is 1.54. The van der Waals surface area contributed by atoms with Crippen LogP contribution in [0.25, 0.3) is 6.08 Å². The third kappa shape index (κ3) is 6.07. The molecule has 0 atom stereocenters. The Kier molecular flexibility index (Phi) is 6.81. The second-order valence-electron chi connectivity index (χ2n) is 5.26. The predicted molar refractivity (Wildman–Crippen MR) is 93.6 cm³/mol. The van der Waals surface area contributed by atoms with Crippen LogP contribution in [0.15, 0.2) is 48.5 Å². The molecule has 0 unspecified atom stereocenters. The highest BCUT2D eigenvalue weighted by molar-refractivity contribution is 5.92. The zero-order chi connectivity index (χ0) is 19.8. The Bertz CT molecular complexity index is 838. The maximum atomic E-state index is 12.5. The molecule has 1 N–H and O–H groups in total. The van der Waals surface area contributed by atoms with Gasteiger partial charge in [-0.05, 0) is 29.8 Å². The van der Waals surface area contributed by atoms with E-state index in [0.717, 1.165) is 29.8 Å². The Morgan fingerprint density at radius 1 is 1.26 bits per heavy atom. The molecule has 0 radical (unpaired) electrons. The summed E-state index contributed by atoms with van der Waals surface area (Å²) < 4.78 is 34.3. The van der Waals surface area contributed by atoms with E-state index in [1.165, 1.54) is 6.08 Å². The van der Waals surface area contributed by atoms with Gasteiger partial charge in [0.1, 0.15) is 11.5 Å². The number of benzene rings is 2. The molecular weight excluding hydrogens is 362 g/mol. The van der Waals surface area contributed by atoms with Crippen LogP contribution >= 0.6 is 0 Å². The van der Waals surface area contributed by atoms with Crippen LogP contribution in [0.5, 0.6) is 11.5 Å². The maximum absolute atomic E-state index is 12.5. The van der Waals surface area contributed by atoms with Crippen molar-refractivity contribution >= 4 is 17.7 Å². The number of ether oxygens (including phenoxy) is 2. The molecule has 2 aromatic carbocycles. The minimum Gasteiger partial charge on any atom is -0.497 e. The molecule has 0 saturated heterocycles. The standard InChI is InChI=1S/C18H16F2N2O5/c1-26-15-6-2-12(3-7-15)11-21-17(23)9-4-13-10-14(22(24)25)5-8-16(13)27-18(19)20/h2-10,18H,11H2,1H3,(H,21,23). The molecule has 0 aliphatic heterocycles.